The fraction of sp³-hybridized carbons (Fsp3) is 0.129. The molecule has 0 radical (unpaired) electrons. The van der Waals surface area contributed by atoms with Crippen LogP contribution in [0.15, 0.2) is 83.8 Å². The molecular formula is C31H22ClF3N2O5S. The molecule has 3 amide bonds. The maximum absolute atomic E-state index is 13.1. The van der Waals surface area contributed by atoms with Gasteiger partial charge in [-0.1, -0.05) is 60.1 Å². The molecule has 1 fully saturated rings. The van der Waals surface area contributed by atoms with Crippen molar-refractivity contribution in [3.63, 3.8) is 0 Å². The van der Waals surface area contributed by atoms with Gasteiger partial charge in [-0.05, 0) is 70.1 Å². The highest BCUT2D eigenvalue weighted by atomic mass is 35.5. The van der Waals surface area contributed by atoms with Crippen molar-refractivity contribution in [1.29, 1.82) is 0 Å². The van der Waals surface area contributed by atoms with Gasteiger partial charge in [0.05, 0.1) is 28.3 Å². The Kier molecular flexibility index (Phi) is 8.65. The number of nitrogens with one attached hydrogen (secondary N) is 1. The van der Waals surface area contributed by atoms with Crippen molar-refractivity contribution >= 4 is 63.0 Å². The summed E-state index contributed by atoms with van der Waals surface area (Å²) in [6.07, 6.45) is -3.19. The Morgan fingerprint density at radius 2 is 1.74 bits per heavy atom. The van der Waals surface area contributed by atoms with Crippen molar-refractivity contribution in [1.82, 2.24) is 4.90 Å². The van der Waals surface area contributed by atoms with Crippen molar-refractivity contribution in [2.45, 2.75) is 12.8 Å². The monoisotopic (exact) mass is 626 g/mol. The van der Waals surface area contributed by atoms with E-state index in [9.17, 15) is 27.6 Å². The number of amides is 3. The van der Waals surface area contributed by atoms with Crippen LogP contribution >= 0.6 is 23.4 Å². The number of anilines is 1. The van der Waals surface area contributed by atoms with Gasteiger partial charge in [0.15, 0.2) is 0 Å². The van der Waals surface area contributed by atoms with Crippen LogP contribution in [0.2, 0.25) is 5.02 Å². The molecule has 4 aromatic carbocycles. The van der Waals surface area contributed by atoms with E-state index in [1.54, 1.807) is 18.2 Å². The number of nitrogens with zero attached hydrogens (tertiary/aromatic N) is 1. The lowest BCUT2D eigenvalue weighted by Crippen LogP contribution is -2.36. The molecule has 7 nitrogen and oxygen atoms in total. The van der Waals surface area contributed by atoms with E-state index in [2.05, 4.69) is 5.32 Å². The summed E-state index contributed by atoms with van der Waals surface area (Å²) in [7, 11) is 1.23. The lowest BCUT2D eigenvalue weighted by molar-refractivity contribution is -0.137. The van der Waals surface area contributed by atoms with Crippen molar-refractivity contribution in [2.75, 3.05) is 19.0 Å². The molecule has 0 aromatic heterocycles. The molecule has 0 spiro atoms. The SMILES string of the molecule is COc1ccc(C(F)(F)F)cc1NC(=O)CN1C(=O)S/C(=C\c2ccc(OCc3cccc4ccccc34)c(Cl)c2)C1=O. The van der Waals surface area contributed by atoms with Crippen molar-refractivity contribution in [3.05, 3.63) is 105 Å². The van der Waals surface area contributed by atoms with Crippen molar-refractivity contribution in [2.24, 2.45) is 0 Å². The van der Waals surface area contributed by atoms with Gasteiger partial charge < -0.3 is 14.8 Å². The summed E-state index contributed by atoms with van der Waals surface area (Å²) < 4.78 is 50.3. The second-order valence-electron chi connectivity index (χ2n) is 9.35. The first kappa shape index (κ1) is 30.0. The van der Waals surface area contributed by atoms with Gasteiger partial charge in [0.2, 0.25) is 5.91 Å². The van der Waals surface area contributed by atoms with E-state index >= 15 is 0 Å². The molecule has 0 aliphatic carbocycles. The lowest BCUT2D eigenvalue weighted by Gasteiger charge is -2.16. The minimum atomic E-state index is -4.65. The summed E-state index contributed by atoms with van der Waals surface area (Å²) in [4.78, 5) is 38.9. The van der Waals surface area contributed by atoms with Crippen LogP contribution < -0.4 is 14.8 Å². The predicted molar refractivity (Wildman–Crippen MR) is 159 cm³/mol. The average molecular weight is 627 g/mol. The lowest BCUT2D eigenvalue weighted by atomic mass is 10.1. The van der Waals surface area contributed by atoms with Crippen LogP contribution in [0.25, 0.3) is 16.8 Å². The molecule has 12 heteroatoms. The minimum Gasteiger partial charge on any atom is -0.495 e. The molecule has 1 saturated heterocycles. The molecule has 220 valence electrons. The molecule has 1 N–H and O–H groups in total. The van der Waals surface area contributed by atoms with Gasteiger partial charge in [0, 0.05) is 0 Å². The number of halogens is 4. The molecule has 0 unspecified atom stereocenters. The second-order valence-corrected chi connectivity index (χ2v) is 10.7. The highest BCUT2D eigenvalue weighted by molar-refractivity contribution is 8.18. The molecule has 0 atom stereocenters. The molecule has 1 heterocycles. The zero-order valence-corrected chi connectivity index (χ0v) is 24.0. The second kappa shape index (κ2) is 12.4. The van der Waals surface area contributed by atoms with E-state index in [0.29, 0.717) is 39.1 Å². The van der Waals surface area contributed by atoms with E-state index in [1.165, 1.54) is 13.2 Å². The number of fused-ring (bicyclic) bond motifs is 1. The Morgan fingerprint density at radius 3 is 2.49 bits per heavy atom. The Hall–Kier alpha value is -4.48. The van der Waals surface area contributed by atoms with Gasteiger partial charge in [-0.2, -0.15) is 13.2 Å². The molecule has 1 aliphatic heterocycles. The summed E-state index contributed by atoms with van der Waals surface area (Å²) in [6, 6.07) is 21.4. The van der Waals surface area contributed by atoms with Gasteiger partial charge in [-0.3, -0.25) is 19.3 Å². The maximum atomic E-state index is 13.1. The third-order valence-electron chi connectivity index (χ3n) is 6.49. The van der Waals surface area contributed by atoms with Gasteiger partial charge in [-0.15, -0.1) is 0 Å². The topological polar surface area (TPSA) is 84.9 Å². The van der Waals surface area contributed by atoms with Gasteiger partial charge in [0.1, 0.15) is 24.7 Å². The zero-order valence-electron chi connectivity index (χ0n) is 22.4. The standard InChI is InChI=1S/C31H22ClF3N2O5S/c1-41-26-12-10-21(31(33,34)35)15-24(26)36-28(38)16-37-29(39)27(43-30(37)40)14-18-9-11-25(23(32)13-18)42-17-20-7-4-6-19-5-2-3-8-22(19)20/h2-15H,16-17H2,1H3,(H,36,38)/b27-14-. The normalized spacial score (nSPS) is 14.4. The predicted octanol–water partition coefficient (Wildman–Crippen LogP) is 7.77. The van der Waals surface area contributed by atoms with Crippen LogP contribution in [0.3, 0.4) is 0 Å². The maximum Gasteiger partial charge on any atom is 0.416 e. The summed E-state index contributed by atoms with van der Waals surface area (Å²) in [5.41, 5.74) is 0.261. The van der Waals surface area contributed by atoms with Crippen LogP contribution in [0.5, 0.6) is 11.5 Å². The van der Waals surface area contributed by atoms with E-state index < -0.39 is 35.3 Å². The van der Waals surface area contributed by atoms with Gasteiger partial charge in [-0.25, -0.2) is 0 Å². The fourth-order valence-corrected chi connectivity index (χ4v) is 5.48. The van der Waals surface area contributed by atoms with E-state index in [-0.39, 0.29) is 22.9 Å². The number of alkyl halides is 3. The highest BCUT2D eigenvalue weighted by Gasteiger charge is 2.37. The zero-order chi connectivity index (χ0) is 30.7. The molecule has 0 saturated carbocycles. The Labute approximate surface area is 253 Å². The Bertz CT molecular complexity index is 1770. The number of methoxy groups -OCH3 is 1. The Balaban J connectivity index is 1.25. The van der Waals surface area contributed by atoms with Crippen LogP contribution in [0.1, 0.15) is 16.7 Å². The first-order valence-electron chi connectivity index (χ1n) is 12.7. The van der Waals surface area contributed by atoms with E-state index in [0.717, 1.165) is 28.5 Å². The van der Waals surface area contributed by atoms with Crippen molar-refractivity contribution in [3.8, 4) is 11.5 Å². The number of thioether (sulfide) groups is 1. The smallest absolute Gasteiger partial charge is 0.416 e. The summed E-state index contributed by atoms with van der Waals surface area (Å²) >= 11 is 7.07. The summed E-state index contributed by atoms with van der Waals surface area (Å²) in [5.74, 6) is -1.19. The Morgan fingerprint density at radius 1 is 1.00 bits per heavy atom. The number of hydrogen-bond donors (Lipinski definition) is 1. The fourth-order valence-electron chi connectivity index (χ4n) is 4.40. The summed E-state index contributed by atoms with van der Waals surface area (Å²) in [5, 5.41) is 4.03. The van der Waals surface area contributed by atoms with E-state index in [1.807, 2.05) is 42.5 Å². The number of ether oxygens (including phenoxy) is 2. The molecule has 5 rings (SSSR count). The number of hydrogen-bond acceptors (Lipinski definition) is 6. The number of carbonyl (C=O) groups is 3. The quantitative estimate of drug-likeness (QED) is 0.201. The molecule has 1 aliphatic rings. The molecule has 4 aromatic rings. The number of benzene rings is 4. The number of rotatable bonds is 8. The van der Waals surface area contributed by atoms with Crippen LogP contribution in [-0.2, 0) is 22.4 Å². The van der Waals surface area contributed by atoms with E-state index in [4.69, 9.17) is 21.1 Å². The average Bonchev–Trinajstić information content (AvgIpc) is 3.23. The number of carbonyl (C=O) groups excluding carboxylic acids is 3. The third kappa shape index (κ3) is 6.79. The molecule has 43 heavy (non-hydrogen) atoms. The first-order chi connectivity index (χ1) is 20.5. The van der Waals surface area contributed by atoms with Gasteiger partial charge >= 0.3 is 6.18 Å². The summed E-state index contributed by atoms with van der Waals surface area (Å²) in [6.45, 7) is -0.420. The minimum absolute atomic E-state index is 0.0168. The molecule has 0 bridgehead atoms. The molecular weight excluding hydrogens is 605 g/mol. The first-order valence-corrected chi connectivity index (χ1v) is 13.9. The van der Waals surface area contributed by atoms with Gasteiger partial charge in [0.25, 0.3) is 11.1 Å². The van der Waals surface area contributed by atoms with Crippen LogP contribution in [-0.4, -0.2) is 35.6 Å². The van der Waals surface area contributed by atoms with Crippen LogP contribution in [0, 0.1) is 0 Å². The number of imide groups is 1. The van der Waals surface area contributed by atoms with Crippen LogP contribution in [0.4, 0.5) is 23.7 Å². The highest BCUT2D eigenvalue weighted by Crippen LogP contribution is 2.36. The van der Waals surface area contributed by atoms with Crippen molar-refractivity contribution < 1.29 is 37.0 Å². The largest absolute Gasteiger partial charge is 0.495 e. The third-order valence-corrected chi connectivity index (χ3v) is 7.70.